The lowest BCUT2D eigenvalue weighted by molar-refractivity contribution is 0.397. The molecule has 0 fully saturated rings. The summed E-state index contributed by atoms with van der Waals surface area (Å²) in [4.78, 5) is 18.5. The SMILES string of the molecule is COc1ccc(OC)c(Cn2cnc3cc(-c4ccc(Cl)cc4)sc3c2=O)c1. The molecule has 28 heavy (non-hydrogen) atoms. The fraction of sp³-hybridized carbons (Fsp3) is 0.143. The molecule has 4 aromatic rings. The van der Waals surface area contributed by atoms with E-state index in [9.17, 15) is 4.79 Å². The van der Waals surface area contributed by atoms with E-state index in [0.29, 0.717) is 33.3 Å². The Labute approximate surface area is 170 Å². The van der Waals surface area contributed by atoms with Crippen molar-refractivity contribution in [2.45, 2.75) is 6.54 Å². The van der Waals surface area contributed by atoms with E-state index >= 15 is 0 Å². The second kappa shape index (κ2) is 7.66. The fourth-order valence-corrected chi connectivity index (χ4v) is 4.19. The molecule has 2 aromatic heterocycles. The molecule has 2 aromatic carbocycles. The van der Waals surface area contributed by atoms with Gasteiger partial charge in [-0.15, -0.1) is 11.3 Å². The molecule has 0 aliphatic rings. The molecule has 2 heterocycles. The molecule has 0 N–H and O–H groups in total. The molecule has 0 bridgehead atoms. The summed E-state index contributed by atoms with van der Waals surface area (Å²) in [5.41, 5.74) is 2.46. The average Bonchev–Trinajstić information content (AvgIpc) is 3.15. The van der Waals surface area contributed by atoms with Crippen LogP contribution in [0, 0.1) is 0 Å². The zero-order valence-corrected chi connectivity index (χ0v) is 16.9. The van der Waals surface area contributed by atoms with E-state index in [1.54, 1.807) is 25.1 Å². The predicted octanol–water partition coefficient (Wildman–Crippen LogP) is 4.84. The number of aromatic nitrogens is 2. The molecule has 0 atom stereocenters. The van der Waals surface area contributed by atoms with Crippen LogP contribution < -0.4 is 15.0 Å². The molecule has 4 rings (SSSR count). The van der Waals surface area contributed by atoms with Gasteiger partial charge in [0.1, 0.15) is 16.2 Å². The van der Waals surface area contributed by atoms with Gasteiger partial charge >= 0.3 is 0 Å². The van der Waals surface area contributed by atoms with Crippen LogP contribution in [-0.2, 0) is 6.54 Å². The number of rotatable bonds is 5. The third-order valence-corrected chi connectivity index (χ3v) is 5.87. The highest BCUT2D eigenvalue weighted by atomic mass is 35.5. The largest absolute Gasteiger partial charge is 0.497 e. The van der Waals surface area contributed by atoms with Gasteiger partial charge in [-0.2, -0.15) is 0 Å². The van der Waals surface area contributed by atoms with Gasteiger partial charge in [0.25, 0.3) is 5.56 Å². The van der Waals surface area contributed by atoms with Gasteiger partial charge in [-0.05, 0) is 42.0 Å². The van der Waals surface area contributed by atoms with Crippen molar-refractivity contribution in [1.82, 2.24) is 9.55 Å². The number of methoxy groups -OCH3 is 2. The smallest absolute Gasteiger partial charge is 0.271 e. The van der Waals surface area contributed by atoms with Gasteiger partial charge in [0.2, 0.25) is 0 Å². The Balaban J connectivity index is 1.74. The Morgan fingerprint density at radius 2 is 1.86 bits per heavy atom. The van der Waals surface area contributed by atoms with Crippen LogP contribution in [-0.4, -0.2) is 23.8 Å². The third kappa shape index (κ3) is 3.48. The van der Waals surface area contributed by atoms with Crippen LogP contribution >= 0.6 is 22.9 Å². The topological polar surface area (TPSA) is 53.4 Å². The molecule has 0 amide bonds. The average molecular weight is 413 g/mol. The highest BCUT2D eigenvalue weighted by molar-refractivity contribution is 7.22. The number of benzene rings is 2. The number of halogens is 1. The molecule has 0 aliphatic heterocycles. The van der Waals surface area contributed by atoms with Crippen LogP contribution in [0.1, 0.15) is 5.56 Å². The van der Waals surface area contributed by atoms with Crippen molar-refractivity contribution in [3.05, 3.63) is 75.8 Å². The molecule has 0 radical (unpaired) electrons. The second-order valence-corrected chi connectivity index (χ2v) is 7.68. The van der Waals surface area contributed by atoms with Crippen LogP contribution in [0.5, 0.6) is 11.5 Å². The van der Waals surface area contributed by atoms with Gasteiger partial charge in [0.15, 0.2) is 0 Å². The molecule has 0 unspecified atom stereocenters. The van der Waals surface area contributed by atoms with Crippen molar-refractivity contribution in [3.8, 4) is 21.9 Å². The Bertz CT molecular complexity index is 1200. The Kier molecular flexibility index (Phi) is 5.07. The van der Waals surface area contributed by atoms with Gasteiger partial charge in [-0.1, -0.05) is 23.7 Å². The molecule has 0 aliphatic carbocycles. The number of fused-ring (bicyclic) bond motifs is 1. The molecule has 7 heteroatoms. The summed E-state index contributed by atoms with van der Waals surface area (Å²) in [7, 11) is 3.21. The monoisotopic (exact) mass is 412 g/mol. The van der Waals surface area contributed by atoms with Crippen LogP contribution in [0.15, 0.2) is 59.7 Å². The van der Waals surface area contributed by atoms with E-state index < -0.39 is 0 Å². The fourth-order valence-electron chi connectivity index (χ4n) is 3.00. The van der Waals surface area contributed by atoms with E-state index in [0.717, 1.165) is 16.0 Å². The van der Waals surface area contributed by atoms with Gasteiger partial charge in [-0.3, -0.25) is 9.36 Å². The van der Waals surface area contributed by atoms with E-state index in [-0.39, 0.29) is 5.56 Å². The van der Waals surface area contributed by atoms with E-state index in [2.05, 4.69) is 4.98 Å². The minimum absolute atomic E-state index is 0.0833. The molecule has 142 valence electrons. The van der Waals surface area contributed by atoms with Crippen molar-refractivity contribution < 1.29 is 9.47 Å². The quantitative estimate of drug-likeness (QED) is 0.470. The lowest BCUT2D eigenvalue weighted by atomic mass is 10.2. The molecule has 5 nitrogen and oxygen atoms in total. The molecule has 0 spiro atoms. The van der Waals surface area contributed by atoms with E-state index in [4.69, 9.17) is 21.1 Å². The minimum atomic E-state index is -0.0833. The first kappa shape index (κ1) is 18.5. The van der Waals surface area contributed by atoms with Gasteiger partial charge in [0.05, 0.1) is 32.6 Å². The number of hydrogen-bond donors (Lipinski definition) is 0. The number of thiophene rings is 1. The van der Waals surface area contributed by atoms with Crippen molar-refractivity contribution >= 4 is 33.2 Å². The first-order valence-corrected chi connectivity index (χ1v) is 9.74. The molecule has 0 saturated carbocycles. The summed E-state index contributed by atoms with van der Waals surface area (Å²) in [6, 6.07) is 15.0. The maximum absolute atomic E-state index is 13.0. The van der Waals surface area contributed by atoms with Crippen LogP contribution in [0.25, 0.3) is 20.7 Å². The summed E-state index contributed by atoms with van der Waals surface area (Å²) in [5, 5.41) is 0.678. The van der Waals surface area contributed by atoms with Gasteiger partial charge < -0.3 is 9.47 Å². The molecular weight excluding hydrogens is 396 g/mol. The van der Waals surface area contributed by atoms with Crippen molar-refractivity contribution in [3.63, 3.8) is 0 Å². The Hall–Kier alpha value is -2.83. The van der Waals surface area contributed by atoms with Crippen LogP contribution in [0.4, 0.5) is 0 Å². The summed E-state index contributed by atoms with van der Waals surface area (Å²) >= 11 is 7.40. The Morgan fingerprint density at radius 3 is 2.57 bits per heavy atom. The van der Waals surface area contributed by atoms with E-state index in [1.807, 2.05) is 48.5 Å². The molecular formula is C21H17ClN2O3S. The standard InChI is InChI=1S/C21H17ClN2O3S/c1-26-16-7-8-18(27-2)14(9-16)11-24-12-23-17-10-19(28-20(17)21(24)25)13-3-5-15(22)6-4-13/h3-10,12H,11H2,1-2H3. The van der Waals surface area contributed by atoms with Crippen molar-refractivity contribution in [2.24, 2.45) is 0 Å². The van der Waals surface area contributed by atoms with Gasteiger partial charge in [-0.25, -0.2) is 4.98 Å². The molecule has 0 saturated heterocycles. The maximum atomic E-state index is 13.0. The zero-order chi connectivity index (χ0) is 19.7. The number of hydrogen-bond acceptors (Lipinski definition) is 5. The predicted molar refractivity (Wildman–Crippen MR) is 113 cm³/mol. The summed E-state index contributed by atoms with van der Waals surface area (Å²) in [5.74, 6) is 1.40. The second-order valence-electron chi connectivity index (χ2n) is 6.19. The number of ether oxygens (including phenoxy) is 2. The van der Waals surface area contributed by atoms with Crippen LogP contribution in [0.3, 0.4) is 0 Å². The summed E-state index contributed by atoms with van der Waals surface area (Å²) in [6.45, 7) is 0.344. The van der Waals surface area contributed by atoms with Crippen molar-refractivity contribution in [1.29, 1.82) is 0 Å². The zero-order valence-electron chi connectivity index (χ0n) is 15.3. The summed E-state index contributed by atoms with van der Waals surface area (Å²) < 4.78 is 12.9. The highest BCUT2D eigenvalue weighted by Crippen LogP contribution is 2.31. The summed E-state index contributed by atoms with van der Waals surface area (Å²) in [6.07, 6.45) is 1.57. The first-order valence-electron chi connectivity index (χ1n) is 8.55. The van der Waals surface area contributed by atoms with Gasteiger partial charge in [0, 0.05) is 15.5 Å². The number of nitrogens with zero attached hydrogens (tertiary/aromatic N) is 2. The van der Waals surface area contributed by atoms with Crippen LogP contribution in [0.2, 0.25) is 5.02 Å². The normalized spacial score (nSPS) is 11.0. The lowest BCUT2D eigenvalue weighted by Gasteiger charge is -2.11. The minimum Gasteiger partial charge on any atom is -0.497 e. The lowest BCUT2D eigenvalue weighted by Crippen LogP contribution is -2.20. The first-order chi connectivity index (χ1) is 13.6. The Morgan fingerprint density at radius 1 is 1.07 bits per heavy atom. The van der Waals surface area contributed by atoms with Crippen molar-refractivity contribution in [2.75, 3.05) is 14.2 Å². The maximum Gasteiger partial charge on any atom is 0.271 e. The van der Waals surface area contributed by atoms with E-state index in [1.165, 1.54) is 11.3 Å². The highest BCUT2D eigenvalue weighted by Gasteiger charge is 2.13. The third-order valence-electron chi connectivity index (χ3n) is 4.46.